The van der Waals surface area contributed by atoms with Crippen molar-refractivity contribution >= 4 is 44.4 Å². The lowest BCUT2D eigenvalue weighted by Gasteiger charge is -2.12. The normalized spacial score (nSPS) is 12.2. The molecule has 1 aromatic carbocycles. The van der Waals surface area contributed by atoms with E-state index in [2.05, 4.69) is 49.2 Å². The predicted octanol–water partition coefficient (Wildman–Crippen LogP) is 2.39. The summed E-state index contributed by atoms with van der Waals surface area (Å²) in [6.45, 7) is 2.65. The van der Waals surface area contributed by atoms with E-state index in [-0.39, 0.29) is 11.9 Å². The van der Waals surface area contributed by atoms with Gasteiger partial charge in [-0.15, -0.1) is 0 Å². The van der Waals surface area contributed by atoms with Gasteiger partial charge in [0.15, 0.2) is 0 Å². The van der Waals surface area contributed by atoms with Gasteiger partial charge in [-0.2, -0.15) is 0 Å². The Bertz CT molecular complexity index is 384. The molecule has 88 valence electrons. The molecule has 1 amide bonds. The third-order valence-electron chi connectivity index (χ3n) is 2.24. The van der Waals surface area contributed by atoms with E-state index < -0.39 is 0 Å². The van der Waals surface area contributed by atoms with Crippen LogP contribution < -0.4 is 10.6 Å². The lowest BCUT2D eigenvalue weighted by atomic mass is 10.2. The summed E-state index contributed by atoms with van der Waals surface area (Å²) >= 11 is 5.53. The molecular formula is C11H14BrIN2O. The van der Waals surface area contributed by atoms with E-state index >= 15 is 0 Å². The van der Waals surface area contributed by atoms with Gasteiger partial charge < -0.3 is 10.6 Å². The molecule has 1 rings (SSSR count). The second-order valence-corrected chi connectivity index (χ2v) is 5.60. The van der Waals surface area contributed by atoms with Gasteiger partial charge in [-0.3, -0.25) is 4.79 Å². The molecule has 2 N–H and O–H groups in total. The maximum atomic E-state index is 11.8. The maximum absolute atomic E-state index is 11.8. The molecule has 5 heteroatoms. The van der Waals surface area contributed by atoms with Crippen LogP contribution in [0.2, 0.25) is 0 Å². The monoisotopic (exact) mass is 396 g/mol. The largest absolute Gasteiger partial charge is 0.350 e. The van der Waals surface area contributed by atoms with Gasteiger partial charge in [-0.05, 0) is 54.8 Å². The van der Waals surface area contributed by atoms with Crippen LogP contribution in [0.1, 0.15) is 17.3 Å². The molecule has 0 spiro atoms. The molecule has 1 atom stereocenters. The second-order valence-electron chi connectivity index (χ2n) is 3.52. The molecule has 0 aliphatic rings. The molecule has 0 saturated heterocycles. The minimum atomic E-state index is -0.0287. The summed E-state index contributed by atoms with van der Waals surface area (Å²) in [6.07, 6.45) is 0. The fraction of sp³-hybridized carbons (Fsp3) is 0.364. The highest BCUT2D eigenvalue weighted by molar-refractivity contribution is 14.1. The molecule has 0 bridgehead atoms. The lowest BCUT2D eigenvalue weighted by molar-refractivity contribution is 0.0949. The van der Waals surface area contributed by atoms with Gasteiger partial charge in [0.1, 0.15) is 0 Å². The first-order valence-corrected chi connectivity index (χ1v) is 6.82. The van der Waals surface area contributed by atoms with Crippen molar-refractivity contribution in [2.45, 2.75) is 13.0 Å². The molecule has 0 saturated carbocycles. The van der Waals surface area contributed by atoms with Crippen LogP contribution in [0.4, 0.5) is 0 Å². The van der Waals surface area contributed by atoms with E-state index in [0.717, 1.165) is 8.04 Å². The van der Waals surface area contributed by atoms with E-state index in [9.17, 15) is 4.79 Å². The van der Waals surface area contributed by atoms with Gasteiger partial charge in [-0.1, -0.05) is 15.9 Å². The summed E-state index contributed by atoms with van der Waals surface area (Å²) in [5.41, 5.74) is 0.715. The Labute approximate surface area is 118 Å². The number of hydrogen-bond donors (Lipinski definition) is 2. The fourth-order valence-corrected chi connectivity index (χ4v) is 2.67. The van der Waals surface area contributed by atoms with E-state index in [1.807, 2.05) is 32.2 Å². The first-order chi connectivity index (χ1) is 7.54. The van der Waals surface area contributed by atoms with Crippen LogP contribution in [0.3, 0.4) is 0 Å². The van der Waals surface area contributed by atoms with Gasteiger partial charge in [0, 0.05) is 20.6 Å². The highest BCUT2D eigenvalue weighted by Crippen LogP contribution is 2.18. The molecular weight excluding hydrogens is 383 g/mol. The molecule has 16 heavy (non-hydrogen) atoms. The summed E-state index contributed by atoms with van der Waals surface area (Å²) in [4.78, 5) is 11.8. The van der Waals surface area contributed by atoms with Crippen LogP contribution in [0.25, 0.3) is 0 Å². The summed E-state index contributed by atoms with van der Waals surface area (Å²) in [5, 5.41) is 5.96. The van der Waals surface area contributed by atoms with Crippen molar-refractivity contribution in [3.05, 3.63) is 31.8 Å². The Hall–Kier alpha value is -0.140. The van der Waals surface area contributed by atoms with Crippen molar-refractivity contribution in [2.75, 3.05) is 13.6 Å². The van der Waals surface area contributed by atoms with Gasteiger partial charge in [-0.25, -0.2) is 0 Å². The Morgan fingerprint density at radius 1 is 1.56 bits per heavy atom. The summed E-state index contributed by atoms with van der Waals surface area (Å²) in [6, 6.07) is 5.90. The number of nitrogens with one attached hydrogen (secondary N) is 2. The quantitative estimate of drug-likeness (QED) is 0.767. The van der Waals surface area contributed by atoms with Gasteiger partial charge in [0.05, 0.1) is 5.56 Å². The number of amides is 1. The molecule has 0 aliphatic heterocycles. The van der Waals surface area contributed by atoms with Gasteiger partial charge in [0.2, 0.25) is 0 Å². The van der Waals surface area contributed by atoms with Crippen molar-refractivity contribution in [1.82, 2.24) is 10.6 Å². The topological polar surface area (TPSA) is 41.1 Å². The zero-order valence-corrected chi connectivity index (χ0v) is 12.9. The molecule has 0 radical (unpaired) electrons. The third-order valence-corrected chi connectivity index (χ3v) is 3.62. The second kappa shape index (κ2) is 6.56. The minimum Gasteiger partial charge on any atom is -0.350 e. The number of rotatable bonds is 4. The Kier molecular flexibility index (Phi) is 5.71. The molecule has 0 aromatic heterocycles. The molecule has 0 aliphatic carbocycles. The van der Waals surface area contributed by atoms with Crippen molar-refractivity contribution in [3.8, 4) is 0 Å². The standard InChI is InChI=1S/C11H14BrIN2O/c1-7(14-2)6-15-11(16)9-4-3-8(12)5-10(9)13/h3-5,7,14H,6H2,1-2H3,(H,15,16). The number of likely N-dealkylation sites (N-methyl/N-ethyl adjacent to an activating group) is 1. The number of hydrogen-bond acceptors (Lipinski definition) is 2. The summed E-state index contributed by atoms with van der Waals surface area (Å²) < 4.78 is 1.93. The first kappa shape index (κ1) is 13.9. The minimum absolute atomic E-state index is 0.0287. The summed E-state index contributed by atoms with van der Waals surface area (Å²) in [7, 11) is 1.88. The van der Waals surface area contributed by atoms with Crippen LogP contribution in [0.15, 0.2) is 22.7 Å². The van der Waals surface area contributed by atoms with Crippen molar-refractivity contribution < 1.29 is 4.79 Å². The van der Waals surface area contributed by atoms with E-state index in [0.29, 0.717) is 12.1 Å². The number of halogens is 2. The number of carbonyl (C=O) groups is 1. The Balaban J connectivity index is 2.66. The Morgan fingerprint density at radius 2 is 2.25 bits per heavy atom. The van der Waals surface area contributed by atoms with Crippen molar-refractivity contribution in [2.24, 2.45) is 0 Å². The van der Waals surface area contributed by atoms with Crippen LogP contribution in [0.5, 0.6) is 0 Å². The van der Waals surface area contributed by atoms with E-state index in [4.69, 9.17) is 0 Å². The molecule has 3 nitrogen and oxygen atoms in total. The van der Waals surface area contributed by atoms with Crippen molar-refractivity contribution in [3.63, 3.8) is 0 Å². The van der Waals surface area contributed by atoms with Crippen LogP contribution in [-0.2, 0) is 0 Å². The lowest BCUT2D eigenvalue weighted by Crippen LogP contribution is -2.37. The zero-order valence-electron chi connectivity index (χ0n) is 9.18. The van der Waals surface area contributed by atoms with Crippen LogP contribution >= 0.6 is 38.5 Å². The van der Waals surface area contributed by atoms with Crippen LogP contribution in [-0.4, -0.2) is 25.5 Å². The highest BCUT2D eigenvalue weighted by atomic mass is 127. The number of carbonyl (C=O) groups excluding carboxylic acids is 1. The van der Waals surface area contributed by atoms with E-state index in [1.54, 1.807) is 0 Å². The highest BCUT2D eigenvalue weighted by Gasteiger charge is 2.10. The Morgan fingerprint density at radius 3 is 2.81 bits per heavy atom. The average Bonchev–Trinajstić information content (AvgIpc) is 2.25. The fourth-order valence-electron chi connectivity index (χ4n) is 1.12. The third kappa shape index (κ3) is 4.03. The van der Waals surface area contributed by atoms with Gasteiger partial charge >= 0.3 is 0 Å². The molecule has 1 aromatic rings. The predicted molar refractivity (Wildman–Crippen MR) is 77.7 cm³/mol. The molecule has 1 unspecified atom stereocenters. The number of benzene rings is 1. The molecule has 0 heterocycles. The van der Waals surface area contributed by atoms with Crippen molar-refractivity contribution in [1.29, 1.82) is 0 Å². The smallest absolute Gasteiger partial charge is 0.252 e. The van der Waals surface area contributed by atoms with Crippen LogP contribution in [0, 0.1) is 3.57 Å². The maximum Gasteiger partial charge on any atom is 0.252 e. The SMILES string of the molecule is CNC(C)CNC(=O)c1ccc(Br)cc1I. The molecule has 0 fully saturated rings. The van der Waals surface area contributed by atoms with E-state index in [1.165, 1.54) is 0 Å². The first-order valence-electron chi connectivity index (χ1n) is 4.95. The average molecular weight is 397 g/mol. The zero-order chi connectivity index (χ0) is 12.1. The van der Waals surface area contributed by atoms with Gasteiger partial charge in [0.25, 0.3) is 5.91 Å². The summed E-state index contributed by atoms with van der Waals surface area (Å²) in [5.74, 6) is -0.0287.